The summed E-state index contributed by atoms with van der Waals surface area (Å²) in [4.78, 5) is 4.33. The topological polar surface area (TPSA) is 43.4 Å². The molecule has 3 rings (SSSR count). The van der Waals surface area contributed by atoms with Crippen LogP contribution in [-0.2, 0) is 0 Å². The summed E-state index contributed by atoms with van der Waals surface area (Å²) in [7, 11) is 0. The zero-order chi connectivity index (χ0) is 16.1. The van der Waals surface area contributed by atoms with Crippen LogP contribution in [0.5, 0.6) is 11.6 Å². The van der Waals surface area contributed by atoms with Crippen molar-refractivity contribution in [3.05, 3.63) is 54.2 Å². The number of nitrogens with zero attached hydrogens (tertiary/aromatic N) is 1. The molecule has 0 saturated carbocycles. The van der Waals surface area contributed by atoms with Crippen molar-refractivity contribution in [1.82, 2.24) is 10.3 Å². The van der Waals surface area contributed by atoms with Gasteiger partial charge < -0.3 is 14.8 Å². The molecular formula is C19H24N2O2. The van der Waals surface area contributed by atoms with Gasteiger partial charge in [0, 0.05) is 18.7 Å². The van der Waals surface area contributed by atoms with E-state index in [9.17, 15) is 0 Å². The Labute approximate surface area is 137 Å². The summed E-state index contributed by atoms with van der Waals surface area (Å²) < 4.78 is 12.2. The second-order valence-electron chi connectivity index (χ2n) is 6.18. The van der Waals surface area contributed by atoms with Crippen molar-refractivity contribution in [2.45, 2.75) is 32.5 Å². The fourth-order valence-electron chi connectivity index (χ4n) is 2.93. The van der Waals surface area contributed by atoms with E-state index in [0.717, 1.165) is 19.5 Å². The SMILES string of the molecule is CC(C)Oc1ncccc1O[C@H](c1ccccc1)C1CCNC1. The number of ether oxygens (including phenoxy) is 2. The van der Waals surface area contributed by atoms with Crippen molar-refractivity contribution in [2.24, 2.45) is 5.92 Å². The molecule has 1 saturated heterocycles. The third-order valence-corrected chi connectivity index (χ3v) is 3.99. The van der Waals surface area contributed by atoms with Gasteiger partial charge in [0.2, 0.25) is 0 Å². The van der Waals surface area contributed by atoms with E-state index in [4.69, 9.17) is 9.47 Å². The average Bonchev–Trinajstić information content (AvgIpc) is 3.08. The fraction of sp³-hybridized carbons (Fsp3) is 0.421. The van der Waals surface area contributed by atoms with Gasteiger partial charge >= 0.3 is 0 Å². The number of pyridine rings is 1. The molecule has 1 aromatic heterocycles. The third-order valence-electron chi connectivity index (χ3n) is 3.99. The van der Waals surface area contributed by atoms with Gasteiger partial charge in [0.05, 0.1) is 6.10 Å². The summed E-state index contributed by atoms with van der Waals surface area (Å²) in [6, 6.07) is 14.2. The first-order chi connectivity index (χ1) is 11.2. The zero-order valence-corrected chi connectivity index (χ0v) is 13.7. The molecule has 2 heterocycles. The second-order valence-corrected chi connectivity index (χ2v) is 6.18. The van der Waals surface area contributed by atoms with Crippen molar-refractivity contribution < 1.29 is 9.47 Å². The van der Waals surface area contributed by atoms with Crippen molar-refractivity contribution in [3.8, 4) is 11.6 Å². The Bertz CT molecular complexity index is 610. The molecule has 1 aliphatic heterocycles. The summed E-state index contributed by atoms with van der Waals surface area (Å²) in [6.45, 7) is 6.00. The molecule has 0 bridgehead atoms. The number of hydrogen-bond acceptors (Lipinski definition) is 4. The summed E-state index contributed by atoms with van der Waals surface area (Å²) in [5, 5.41) is 3.43. The smallest absolute Gasteiger partial charge is 0.257 e. The van der Waals surface area contributed by atoms with Gasteiger partial charge in [-0.15, -0.1) is 0 Å². The Morgan fingerprint density at radius 3 is 2.61 bits per heavy atom. The van der Waals surface area contributed by atoms with E-state index in [1.807, 2.05) is 32.0 Å². The number of hydrogen-bond donors (Lipinski definition) is 1. The molecule has 1 fully saturated rings. The highest BCUT2D eigenvalue weighted by molar-refractivity contribution is 5.34. The van der Waals surface area contributed by atoms with E-state index in [0.29, 0.717) is 17.5 Å². The fourth-order valence-corrected chi connectivity index (χ4v) is 2.93. The van der Waals surface area contributed by atoms with Gasteiger partial charge in [-0.25, -0.2) is 4.98 Å². The summed E-state index contributed by atoms with van der Waals surface area (Å²) in [5.74, 6) is 1.72. The molecule has 0 aliphatic carbocycles. The second kappa shape index (κ2) is 7.47. The number of rotatable bonds is 6. The van der Waals surface area contributed by atoms with Gasteiger partial charge in [0.15, 0.2) is 5.75 Å². The highest BCUT2D eigenvalue weighted by Gasteiger charge is 2.29. The maximum atomic E-state index is 6.39. The minimum Gasteiger partial charge on any atom is -0.480 e. The first-order valence-corrected chi connectivity index (χ1v) is 8.28. The molecular weight excluding hydrogens is 288 g/mol. The van der Waals surface area contributed by atoms with Crippen molar-refractivity contribution in [2.75, 3.05) is 13.1 Å². The molecule has 1 aromatic carbocycles. The normalized spacial score (nSPS) is 18.8. The average molecular weight is 312 g/mol. The van der Waals surface area contributed by atoms with Crippen LogP contribution >= 0.6 is 0 Å². The summed E-state index contributed by atoms with van der Waals surface area (Å²) in [5.41, 5.74) is 1.19. The molecule has 23 heavy (non-hydrogen) atoms. The Morgan fingerprint density at radius 2 is 1.91 bits per heavy atom. The Hall–Kier alpha value is -2.07. The molecule has 0 amide bonds. The highest BCUT2D eigenvalue weighted by Crippen LogP contribution is 2.35. The zero-order valence-electron chi connectivity index (χ0n) is 13.7. The van der Waals surface area contributed by atoms with E-state index in [2.05, 4.69) is 34.6 Å². The maximum absolute atomic E-state index is 6.39. The molecule has 4 nitrogen and oxygen atoms in total. The molecule has 1 N–H and O–H groups in total. The summed E-state index contributed by atoms with van der Waals surface area (Å²) >= 11 is 0. The Balaban J connectivity index is 1.87. The minimum atomic E-state index is 0.00455. The maximum Gasteiger partial charge on any atom is 0.257 e. The van der Waals surface area contributed by atoms with E-state index in [1.165, 1.54) is 5.56 Å². The van der Waals surface area contributed by atoms with Gasteiger partial charge in [0.25, 0.3) is 5.88 Å². The van der Waals surface area contributed by atoms with Crippen LogP contribution in [0.3, 0.4) is 0 Å². The first kappa shape index (κ1) is 15.8. The van der Waals surface area contributed by atoms with Crippen molar-refractivity contribution in [1.29, 1.82) is 0 Å². The quantitative estimate of drug-likeness (QED) is 0.885. The predicted molar refractivity (Wildman–Crippen MR) is 90.8 cm³/mol. The first-order valence-electron chi connectivity index (χ1n) is 8.28. The van der Waals surface area contributed by atoms with Crippen molar-refractivity contribution >= 4 is 0 Å². The lowest BCUT2D eigenvalue weighted by Gasteiger charge is -2.25. The molecule has 0 radical (unpaired) electrons. The van der Waals surface area contributed by atoms with Crippen LogP contribution in [0.1, 0.15) is 31.9 Å². The third kappa shape index (κ3) is 4.02. The van der Waals surface area contributed by atoms with Crippen LogP contribution in [-0.4, -0.2) is 24.2 Å². The molecule has 122 valence electrons. The van der Waals surface area contributed by atoms with Gasteiger partial charge in [-0.05, 0) is 44.5 Å². The Morgan fingerprint density at radius 1 is 1.09 bits per heavy atom. The van der Waals surface area contributed by atoms with E-state index in [-0.39, 0.29) is 12.2 Å². The van der Waals surface area contributed by atoms with Crippen LogP contribution in [0.4, 0.5) is 0 Å². The Kier molecular flexibility index (Phi) is 5.13. The lowest BCUT2D eigenvalue weighted by Crippen LogP contribution is -2.22. The minimum absolute atomic E-state index is 0.00455. The number of nitrogens with one attached hydrogen (secondary N) is 1. The van der Waals surface area contributed by atoms with Gasteiger partial charge in [-0.2, -0.15) is 0 Å². The van der Waals surface area contributed by atoms with Gasteiger partial charge in [-0.3, -0.25) is 0 Å². The molecule has 0 spiro atoms. The van der Waals surface area contributed by atoms with Crippen LogP contribution in [0.25, 0.3) is 0 Å². The van der Waals surface area contributed by atoms with Crippen LogP contribution < -0.4 is 14.8 Å². The molecule has 4 heteroatoms. The molecule has 2 aromatic rings. The van der Waals surface area contributed by atoms with Gasteiger partial charge in [0.1, 0.15) is 6.10 Å². The summed E-state index contributed by atoms with van der Waals surface area (Å²) in [6.07, 6.45) is 2.92. The monoisotopic (exact) mass is 312 g/mol. The van der Waals surface area contributed by atoms with E-state index in [1.54, 1.807) is 6.20 Å². The lowest BCUT2D eigenvalue weighted by molar-refractivity contribution is 0.130. The van der Waals surface area contributed by atoms with Crippen LogP contribution in [0.2, 0.25) is 0 Å². The largest absolute Gasteiger partial charge is 0.480 e. The van der Waals surface area contributed by atoms with Crippen molar-refractivity contribution in [3.63, 3.8) is 0 Å². The number of aromatic nitrogens is 1. The molecule has 2 atom stereocenters. The molecule has 1 unspecified atom stereocenters. The van der Waals surface area contributed by atoms with Gasteiger partial charge in [-0.1, -0.05) is 30.3 Å². The van der Waals surface area contributed by atoms with E-state index >= 15 is 0 Å². The molecule has 1 aliphatic rings. The lowest BCUT2D eigenvalue weighted by atomic mass is 9.95. The number of benzene rings is 1. The standard InChI is InChI=1S/C19H24N2O2/c1-14(2)22-19-17(9-6-11-21-19)23-18(16-10-12-20-13-16)15-7-4-3-5-8-15/h3-9,11,14,16,18,20H,10,12-13H2,1-2H3/t16?,18-/m1/s1. The predicted octanol–water partition coefficient (Wildman–Crippen LogP) is 3.60. The van der Waals surface area contributed by atoms with Crippen LogP contribution in [0, 0.1) is 5.92 Å². The highest BCUT2D eigenvalue weighted by atomic mass is 16.5. The van der Waals surface area contributed by atoms with Crippen LogP contribution in [0.15, 0.2) is 48.7 Å². The van der Waals surface area contributed by atoms with E-state index < -0.39 is 0 Å².